The Kier molecular flexibility index (Phi) is 6.71. The number of hydrogen-bond donors (Lipinski definition) is 2. The smallest absolute Gasteiger partial charge is 0.258 e. The van der Waals surface area contributed by atoms with Crippen molar-refractivity contribution in [1.82, 2.24) is 15.3 Å². The molecule has 1 aromatic carbocycles. The fourth-order valence-corrected chi connectivity index (χ4v) is 3.73. The zero-order chi connectivity index (χ0) is 21.7. The summed E-state index contributed by atoms with van der Waals surface area (Å²) in [7, 11) is -3.29. The molecule has 1 amide bonds. The summed E-state index contributed by atoms with van der Waals surface area (Å²) < 4.78 is 28.4. The number of phenols is 1. The normalized spacial score (nSPS) is 15.9. The first kappa shape index (κ1) is 21.8. The van der Waals surface area contributed by atoms with Gasteiger partial charge in [-0.2, -0.15) is 4.98 Å². The molecule has 1 heterocycles. The largest absolute Gasteiger partial charge is 0.508 e. The highest BCUT2D eigenvalue weighted by atomic mass is 32.2. The number of rotatable bonds is 7. The van der Waals surface area contributed by atoms with E-state index in [2.05, 4.69) is 15.3 Å². The van der Waals surface area contributed by atoms with E-state index in [1.165, 1.54) is 24.4 Å². The highest BCUT2D eigenvalue weighted by Gasteiger charge is 2.24. The van der Waals surface area contributed by atoms with Gasteiger partial charge in [0, 0.05) is 29.8 Å². The van der Waals surface area contributed by atoms with E-state index in [0.717, 1.165) is 37.3 Å². The molecule has 0 aliphatic heterocycles. The van der Waals surface area contributed by atoms with Crippen molar-refractivity contribution in [3.8, 4) is 17.4 Å². The zero-order valence-corrected chi connectivity index (χ0v) is 17.7. The van der Waals surface area contributed by atoms with E-state index in [1.54, 1.807) is 19.1 Å². The van der Waals surface area contributed by atoms with Crippen LogP contribution in [0.4, 0.5) is 0 Å². The van der Waals surface area contributed by atoms with Crippen LogP contribution in [0, 0.1) is 0 Å². The Morgan fingerprint density at radius 1 is 1.27 bits per heavy atom. The second-order valence-corrected chi connectivity index (χ2v) is 9.38. The molecule has 0 saturated heterocycles. The first-order valence-corrected chi connectivity index (χ1v) is 11.7. The predicted octanol–water partition coefficient (Wildman–Crippen LogP) is 3.31. The first-order chi connectivity index (χ1) is 14.2. The third-order valence-corrected chi connectivity index (χ3v) is 5.41. The van der Waals surface area contributed by atoms with E-state index in [4.69, 9.17) is 4.74 Å². The molecule has 8 nitrogen and oxygen atoms in total. The number of aromatic hydroxyl groups is 1. The van der Waals surface area contributed by atoms with Crippen LogP contribution in [0.15, 0.2) is 41.9 Å². The molecule has 2 aromatic rings. The third-order valence-electron chi connectivity index (χ3n) is 4.76. The maximum absolute atomic E-state index is 12.8. The van der Waals surface area contributed by atoms with Gasteiger partial charge in [0.05, 0.1) is 0 Å². The van der Waals surface area contributed by atoms with E-state index in [-0.39, 0.29) is 23.1 Å². The van der Waals surface area contributed by atoms with Gasteiger partial charge in [0.25, 0.3) is 5.91 Å². The number of phenolic OH excluding ortho intramolecular Hbond substituents is 1. The summed E-state index contributed by atoms with van der Waals surface area (Å²) in [5.74, 6) is 1.04. The second-order valence-electron chi connectivity index (χ2n) is 7.44. The molecule has 0 radical (unpaired) electrons. The number of nitrogens with zero attached hydrogens (tertiary/aromatic N) is 2. The molecule has 1 fully saturated rings. The minimum Gasteiger partial charge on any atom is -0.508 e. The lowest BCUT2D eigenvalue weighted by Gasteiger charge is -2.15. The number of amides is 1. The van der Waals surface area contributed by atoms with Crippen molar-refractivity contribution >= 4 is 15.7 Å². The number of benzene rings is 1. The third kappa shape index (κ3) is 6.03. The van der Waals surface area contributed by atoms with Gasteiger partial charge < -0.3 is 15.2 Å². The Morgan fingerprint density at radius 3 is 2.57 bits per heavy atom. The predicted molar refractivity (Wildman–Crippen MR) is 112 cm³/mol. The molecule has 9 heteroatoms. The van der Waals surface area contributed by atoms with Gasteiger partial charge in [0.15, 0.2) is 9.84 Å². The number of carbonyl (C=O) groups is 1. The summed E-state index contributed by atoms with van der Waals surface area (Å²) in [5, 5.41) is 13.2. The van der Waals surface area contributed by atoms with E-state index < -0.39 is 21.8 Å². The molecule has 1 aliphatic rings. The molecular weight excluding hydrogens is 406 g/mol. The molecule has 0 spiro atoms. The van der Waals surface area contributed by atoms with E-state index in [0.29, 0.717) is 11.6 Å². The second kappa shape index (κ2) is 9.25. The molecule has 2 N–H and O–H groups in total. The fraction of sp³-hybridized carbons (Fsp3) is 0.381. The van der Waals surface area contributed by atoms with Gasteiger partial charge >= 0.3 is 0 Å². The van der Waals surface area contributed by atoms with E-state index in [1.807, 2.05) is 0 Å². The van der Waals surface area contributed by atoms with Crippen LogP contribution in [0.3, 0.4) is 0 Å². The minimum atomic E-state index is -3.29. The maximum Gasteiger partial charge on any atom is 0.258 e. The average Bonchev–Trinajstić information content (AvgIpc) is 3.22. The summed E-state index contributed by atoms with van der Waals surface area (Å²) in [6.45, 7) is 1.66. The van der Waals surface area contributed by atoms with Crippen molar-refractivity contribution in [1.29, 1.82) is 0 Å². The van der Waals surface area contributed by atoms with Crippen LogP contribution in [0.25, 0.3) is 0 Å². The molecule has 1 unspecified atom stereocenters. The average molecular weight is 432 g/mol. The van der Waals surface area contributed by atoms with Crippen LogP contribution in [0.2, 0.25) is 0 Å². The number of aromatic nitrogens is 2. The molecule has 30 heavy (non-hydrogen) atoms. The van der Waals surface area contributed by atoms with Gasteiger partial charge in [-0.3, -0.25) is 4.79 Å². The monoisotopic (exact) mass is 431 g/mol. The summed E-state index contributed by atoms with van der Waals surface area (Å²) in [4.78, 5) is 21.7. The highest BCUT2D eigenvalue weighted by molar-refractivity contribution is 7.93. The molecule has 1 saturated carbocycles. The number of carbonyl (C=O) groups excluding carboxylic acids is 1. The van der Waals surface area contributed by atoms with Crippen LogP contribution >= 0.6 is 0 Å². The van der Waals surface area contributed by atoms with Crippen LogP contribution < -0.4 is 10.1 Å². The Hall–Kier alpha value is -2.94. The van der Waals surface area contributed by atoms with Gasteiger partial charge in [0.1, 0.15) is 22.9 Å². The Morgan fingerprint density at radius 2 is 1.93 bits per heavy atom. The Labute approximate surface area is 175 Å². The van der Waals surface area contributed by atoms with Gasteiger partial charge in [0.2, 0.25) is 5.88 Å². The van der Waals surface area contributed by atoms with E-state index in [9.17, 15) is 18.3 Å². The highest BCUT2D eigenvalue weighted by Crippen LogP contribution is 2.34. The Bertz CT molecular complexity index is 1030. The SMILES string of the molecule is CC(C=CS(C)(=O)=O)NC(=O)c1cnc(C2CCCC2)nc1Oc1ccc(O)cc1. The van der Waals surface area contributed by atoms with Crippen LogP contribution in [-0.2, 0) is 9.84 Å². The topological polar surface area (TPSA) is 118 Å². The quantitative estimate of drug-likeness (QED) is 0.690. The van der Waals surface area contributed by atoms with Gasteiger partial charge in [-0.25, -0.2) is 13.4 Å². The lowest BCUT2D eigenvalue weighted by atomic mass is 10.1. The standard InChI is InChI=1S/C21H25N3O5S/c1-14(11-12-30(2,27)28)23-20(26)18-13-22-19(15-5-3-4-6-15)24-21(18)29-17-9-7-16(25)8-10-17/h7-15,25H,3-6H2,1-2H3,(H,23,26). The van der Waals surface area contributed by atoms with Crippen LogP contribution in [0.5, 0.6) is 17.4 Å². The van der Waals surface area contributed by atoms with Crippen molar-refractivity contribution in [2.45, 2.75) is 44.6 Å². The summed E-state index contributed by atoms with van der Waals surface area (Å²) in [6.07, 6.45) is 8.15. The van der Waals surface area contributed by atoms with Crippen molar-refractivity contribution < 1.29 is 23.1 Å². The molecular formula is C21H25N3O5S. The lowest BCUT2D eigenvalue weighted by Crippen LogP contribution is -2.31. The van der Waals surface area contributed by atoms with Crippen molar-refractivity contribution in [3.05, 3.63) is 53.3 Å². The molecule has 160 valence electrons. The van der Waals surface area contributed by atoms with Crippen molar-refractivity contribution in [2.24, 2.45) is 0 Å². The summed E-state index contributed by atoms with van der Waals surface area (Å²) in [5.41, 5.74) is 0.143. The van der Waals surface area contributed by atoms with Crippen LogP contribution in [-0.4, -0.2) is 41.7 Å². The number of hydrogen-bond acceptors (Lipinski definition) is 7. The molecule has 1 aliphatic carbocycles. The summed E-state index contributed by atoms with van der Waals surface area (Å²) in [6, 6.07) is 5.58. The van der Waals surface area contributed by atoms with Crippen molar-refractivity contribution in [2.75, 3.05) is 6.26 Å². The van der Waals surface area contributed by atoms with Gasteiger partial charge in [-0.15, -0.1) is 0 Å². The lowest BCUT2D eigenvalue weighted by molar-refractivity contribution is 0.0943. The maximum atomic E-state index is 12.8. The van der Waals surface area contributed by atoms with Crippen LogP contribution in [0.1, 0.15) is 54.7 Å². The first-order valence-electron chi connectivity index (χ1n) is 9.74. The fourth-order valence-electron chi connectivity index (χ4n) is 3.21. The van der Waals surface area contributed by atoms with Gasteiger partial charge in [-0.05, 0) is 44.0 Å². The molecule has 1 aromatic heterocycles. The number of ether oxygens (including phenoxy) is 1. The minimum absolute atomic E-state index is 0.0983. The van der Waals surface area contributed by atoms with Gasteiger partial charge in [-0.1, -0.05) is 18.9 Å². The van der Waals surface area contributed by atoms with Crippen molar-refractivity contribution in [3.63, 3.8) is 0 Å². The molecule has 0 bridgehead atoms. The number of nitrogens with one attached hydrogen (secondary N) is 1. The molecule has 3 rings (SSSR count). The zero-order valence-electron chi connectivity index (χ0n) is 16.9. The Balaban J connectivity index is 1.86. The summed E-state index contributed by atoms with van der Waals surface area (Å²) >= 11 is 0. The number of sulfone groups is 1. The molecule has 1 atom stereocenters. The van der Waals surface area contributed by atoms with E-state index >= 15 is 0 Å².